The molecule has 0 unspecified atom stereocenters. The summed E-state index contributed by atoms with van der Waals surface area (Å²) in [6.07, 6.45) is 0. The number of halogens is 6. The zero-order chi connectivity index (χ0) is 20.5. The first-order chi connectivity index (χ1) is 12.5. The SMILES string of the molecule is O=C(O)CN(Cc1ccccc1F)S(=O)(=O)c1c(F)c(F)c(F)c(F)c1Br. The van der Waals surface area contributed by atoms with E-state index in [2.05, 4.69) is 15.9 Å². The van der Waals surface area contributed by atoms with Crippen molar-refractivity contribution in [1.82, 2.24) is 4.31 Å². The van der Waals surface area contributed by atoms with Gasteiger partial charge >= 0.3 is 5.97 Å². The van der Waals surface area contributed by atoms with E-state index in [-0.39, 0.29) is 9.87 Å². The number of hydrogen-bond donors (Lipinski definition) is 1. The summed E-state index contributed by atoms with van der Waals surface area (Å²) in [5.41, 5.74) is -0.276. The Bertz CT molecular complexity index is 987. The predicted molar refractivity (Wildman–Crippen MR) is 85.6 cm³/mol. The van der Waals surface area contributed by atoms with Gasteiger partial charge in [-0.15, -0.1) is 0 Å². The first-order valence-electron chi connectivity index (χ1n) is 6.95. The number of carboxylic acids is 1. The van der Waals surface area contributed by atoms with Crippen LogP contribution >= 0.6 is 15.9 Å². The van der Waals surface area contributed by atoms with Crippen LogP contribution in [-0.4, -0.2) is 30.3 Å². The first-order valence-corrected chi connectivity index (χ1v) is 9.18. The van der Waals surface area contributed by atoms with Gasteiger partial charge in [-0.25, -0.2) is 30.4 Å². The summed E-state index contributed by atoms with van der Waals surface area (Å²) in [4.78, 5) is 9.37. The molecule has 2 rings (SSSR count). The lowest BCUT2D eigenvalue weighted by Gasteiger charge is -2.22. The molecule has 0 saturated carbocycles. The topological polar surface area (TPSA) is 74.7 Å². The molecule has 2 aromatic rings. The molecular formula is C15H9BrF5NO4S. The number of rotatable bonds is 6. The van der Waals surface area contributed by atoms with Crippen LogP contribution in [0.25, 0.3) is 0 Å². The molecule has 0 aromatic heterocycles. The molecule has 0 heterocycles. The number of carbonyl (C=O) groups is 1. The Morgan fingerprint density at radius 1 is 1.00 bits per heavy atom. The van der Waals surface area contributed by atoms with Crippen molar-refractivity contribution in [3.63, 3.8) is 0 Å². The fourth-order valence-corrected chi connectivity index (χ4v) is 4.58. The second-order valence-corrected chi connectivity index (χ2v) is 7.83. The molecule has 0 saturated heterocycles. The van der Waals surface area contributed by atoms with E-state index in [1.54, 1.807) is 0 Å². The van der Waals surface area contributed by atoms with Crippen molar-refractivity contribution in [3.8, 4) is 0 Å². The van der Waals surface area contributed by atoms with Crippen molar-refractivity contribution >= 4 is 31.9 Å². The van der Waals surface area contributed by atoms with E-state index in [0.717, 1.165) is 12.1 Å². The zero-order valence-electron chi connectivity index (χ0n) is 13.0. The molecule has 146 valence electrons. The Balaban J connectivity index is 2.65. The third-order valence-electron chi connectivity index (χ3n) is 3.38. The Morgan fingerprint density at radius 3 is 2.11 bits per heavy atom. The van der Waals surface area contributed by atoms with Gasteiger partial charge in [0.05, 0.1) is 4.47 Å². The number of aliphatic carboxylic acids is 1. The van der Waals surface area contributed by atoms with E-state index >= 15 is 0 Å². The second-order valence-electron chi connectivity index (χ2n) is 5.16. The average Bonchev–Trinajstić information content (AvgIpc) is 2.59. The van der Waals surface area contributed by atoms with Crippen molar-refractivity contribution in [3.05, 3.63) is 63.4 Å². The Kier molecular flexibility index (Phi) is 6.22. The number of nitrogens with zero attached hydrogens (tertiary/aromatic N) is 1. The summed E-state index contributed by atoms with van der Waals surface area (Å²) in [7, 11) is -5.22. The maximum Gasteiger partial charge on any atom is 0.318 e. The van der Waals surface area contributed by atoms with Crippen LogP contribution in [-0.2, 0) is 21.4 Å². The van der Waals surface area contributed by atoms with Gasteiger partial charge in [0.15, 0.2) is 23.3 Å². The summed E-state index contributed by atoms with van der Waals surface area (Å²) in [5.74, 6) is -11.5. The van der Waals surface area contributed by atoms with Crippen LogP contribution < -0.4 is 0 Å². The molecule has 2 aromatic carbocycles. The lowest BCUT2D eigenvalue weighted by molar-refractivity contribution is -0.137. The van der Waals surface area contributed by atoms with Gasteiger partial charge in [0.1, 0.15) is 17.3 Å². The molecule has 0 amide bonds. The minimum atomic E-state index is -5.22. The van der Waals surface area contributed by atoms with Crippen molar-refractivity contribution in [2.75, 3.05) is 6.54 Å². The van der Waals surface area contributed by atoms with Gasteiger partial charge in [-0.05, 0) is 22.0 Å². The van der Waals surface area contributed by atoms with E-state index in [0.29, 0.717) is 0 Å². The molecule has 0 spiro atoms. The molecule has 0 fully saturated rings. The standard InChI is InChI=1S/C15H9BrF5NO4S/c16-10-11(18)12(19)13(20)14(21)15(10)27(25,26)22(6-9(23)24)5-7-3-1-2-4-8(7)17/h1-4H,5-6H2,(H,23,24). The van der Waals surface area contributed by atoms with Gasteiger partial charge in [-0.2, -0.15) is 4.31 Å². The van der Waals surface area contributed by atoms with Crippen LogP contribution in [0, 0.1) is 29.1 Å². The summed E-state index contributed by atoms with van der Waals surface area (Å²) in [6.45, 7) is -2.16. The van der Waals surface area contributed by atoms with E-state index in [1.165, 1.54) is 12.1 Å². The van der Waals surface area contributed by atoms with Gasteiger partial charge in [0.2, 0.25) is 10.0 Å². The van der Waals surface area contributed by atoms with Crippen molar-refractivity contribution in [2.45, 2.75) is 11.4 Å². The van der Waals surface area contributed by atoms with Crippen LogP contribution in [0.1, 0.15) is 5.56 Å². The highest BCUT2D eigenvalue weighted by Gasteiger charge is 2.37. The molecule has 1 N–H and O–H groups in total. The fourth-order valence-electron chi connectivity index (χ4n) is 2.13. The molecule has 0 atom stereocenters. The lowest BCUT2D eigenvalue weighted by atomic mass is 10.2. The van der Waals surface area contributed by atoms with Crippen LogP contribution in [0.2, 0.25) is 0 Å². The number of benzene rings is 2. The summed E-state index contributed by atoms with van der Waals surface area (Å²) >= 11 is 2.34. The van der Waals surface area contributed by atoms with Crippen LogP contribution in [0.3, 0.4) is 0 Å². The highest BCUT2D eigenvalue weighted by atomic mass is 79.9. The fraction of sp³-hybridized carbons (Fsp3) is 0.133. The van der Waals surface area contributed by atoms with E-state index < -0.39 is 67.5 Å². The van der Waals surface area contributed by atoms with Gasteiger partial charge in [-0.1, -0.05) is 18.2 Å². The molecule has 27 heavy (non-hydrogen) atoms. The molecule has 12 heteroatoms. The largest absolute Gasteiger partial charge is 0.480 e. The van der Waals surface area contributed by atoms with Crippen LogP contribution in [0.15, 0.2) is 33.6 Å². The van der Waals surface area contributed by atoms with Gasteiger partial charge in [0, 0.05) is 12.1 Å². The van der Waals surface area contributed by atoms with Crippen molar-refractivity contribution in [1.29, 1.82) is 0 Å². The smallest absolute Gasteiger partial charge is 0.318 e. The average molecular weight is 474 g/mol. The monoisotopic (exact) mass is 473 g/mol. The molecule has 0 bridgehead atoms. The molecular weight excluding hydrogens is 465 g/mol. The third-order valence-corrected chi connectivity index (χ3v) is 6.23. The van der Waals surface area contributed by atoms with E-state index in [1.807, 2.05) is 0 Å². The summed E-state index contributed by atoms with van der Waals surface area (Å²) in [5, 5.41) is 8.92. The predicted octanol–water partition coefficient (Wildman–Crippen LogP) is 3.42. The van der Waals surface area contributed by atoms with Crippen molar-refractivity contribution in [2.24, 2.45) is 0 Å². The quantitative estimate of drug-likeness (QED) is 0.396. The minimum Gasteiger partial charge on any atom is -0.480 e. The summed E-state index contributed by atoms with van der Waals surface area (Å²) in [6, 6.07) is 4.72. The molecule has 5 nitrogen and oxygen atoms in total. The van der Waals surface area contributed by atoms with Gasteiger partial charge in [0.25, 0.3) is 0 Å². The Hall–Kier alpha value is -2.05. The second kappa shape index (κ2) is 7.90. The number of carboxylic acid groups (broad SMARTS) is 1. The molecule has 0 aliphatic carbocycles. The Morgan fingerprint density at radius 2 is 1.56 bits per heavy atom. The zero-order valence-corrected chi connectivity index (χ0v) is 15.4. The molecule has 0 radical (unpaired) electrons. The number of hydrogen-bond acceptors (Lipinski definition) is 3. The molecule has 0 aliphatic heterocycles. The summed E-state index contributed by atoms with van der Waals surface area (Å²) < 4.78 is 92.5. The van der Waals surface area contributed by atoms with E-state index in [4.69, 9.17) is 5.11 Å². The lowest BCUT2D eigenvalue weighted by Crippen LogP contribution is -2.36. The van der Waals surface area contributed by atoms with Crippen LogP contribution in [0.5, 0.6) is 0 Å². The van der Waals surface area contributed by atoms with Crippen molar-refractivity contribution < 1.29 is 40.3 Å². The highest BCUT2D eigenvalue weighted by molar-refractivity contribution is 9.10. The number of sulfonamides is 1. The van der Waals surface area contributed by atoms with Crippen LogP contribution in [0.4, 0.5) is 22.0 Å². The van der Waals surface area contributed by atoms with E-state index in [9.17, 15) is 35.2 Å². The minimum absolute atomic E-state index is 0.0910. The third kappa shape index (κ3) is 4.12. The maximum absolute atomic E-state index is 14.1. The maximum atomic E-state index is 14.1. The van der Waals surface area contributed by atoms with Gasteiger partial charge < -0.3 is 5.11 Å². The molecule has 0 aliphatic rings. The Labute approximate surface area is 158 Å². The highest BCUT2D eigenvalue weighted by Crippen LogP contribution is 2.34. The van der Waals surface area contributed by atoms with Gasteiger partial charge in [-0.3, -0.25) is 4.79 Å². The normalized spacial score (nSPS) is 11.8. The first kappa shape index (κ1) is 21.3.